The summed E-state index contributed by atoms with van der Waals surface area (Å²) in [6.45, 7) is 2.87. The van der Waals surface area contributed by atoms with Crippen LogP contribution in [0.15, 0.2) is 48.7 Å². The number of aryl methyl sites for hydroxylation is 1. The summed E-state index contributed by atoms with van der Waals surface area (Å²) < 4.78 is 10.6. The third-order valence-corrected chi connectivity index (χ3v) is 4.13. The Hall–Kier alpha value is -3.68. The largest absolute Gasteiger partial charge is 0.454 e. The van der Waals surface area contributed by atoms with E-state index in [1.165, 1.54) is 0 Å². The van der Waals surface area contributed by atoms with E-state index in [-0.39, 0.29) is 12.7 Å². The van der Waals surface area contributed by atoms with Crippen molar-refractivity contribution in [2.24, 2.45) is 0 Å². The second kappa shape index (κ2) is 7.91. The van der Waals surface area contributed by atoms with Gasteiger partial charge < -0.3 is 20.1 Å². The van der Waals surface area contributed by atoms with E-state index in [9.17, 15) is 4.79 Å². The van der Waals surface area contributed by atoms with Crippen molar-refractivity contribution in [1.82, 2.24) is 20.3 Å². The molecule has 1 aliphatic heterocycles. The highest BCUT2D eigenvalue weighted by Crippen LogP contribution is 2.32. The summed E-state index contributed by atoms with van der Waals surface area (Å²) in [6, 6.07) is 12.9. The molecule has 8 heteroatoms. The van der Waals surface area contributed by atoms with Crippen molar-refractivity contribution in [3.63, 3.8) is 0 Å². The van der Waals surface area contributed by atoms with Gasteiger partial charge in [-0.25, -0.2) is 9.97 Å². The van der Waals surface area contributed by atoms with E-state index in [0.29, 0.717) is 41.9 Å². The van der Waals surface area contributed by atoms with Crippen LogP contribution in [0.4, 0.5) is 5.95 Å². The molecule has 0 aliphatic carbocycles. The number of amides is 1. The van der Waals surface area contributed by atoms with Crippen LogP contribution in [0.25, 0.3) is 0 Å². The van der Waals surface area contributed by atoms with Crippen LogP contribution < -0.4 is 20.1 Å². The van der Waals surface area contributed by atoms with Crippen molar-refractivity contribution in [2.45, 2.75) is 20.0 Å². The van der Waals surface area contributed by atoms with E-state index in [4.69, 9.17) is 9.47 Å². The van der Waals surface area contributed by atoms with Crippen molar-refractivity contribution >= 4 is 11.9 Å². The zero-order valence-corrected chi connectivity index (χ0v) is 15.3. The van der Waals surface area contributed by atoms with Gasteiger partial charge in [0.05, 0.1) is 12.2 Å². The molecule has 0 radical (unpaired) electrons. The third kappa shape index (κ3) is 4.17. The van der Waals surface area contributed by atoms with Gasteiger partial charge in [0, 0.05) is 18.4 Å². The number of hydrogen-bond donors (Lipinski definition) is 2. The van der Waals surface area contributed by atoms with Gasteiger partial charge in [0.1, 0.15) is 5.69 Å². The van der Waals surface area contributed by atoms with E-state index >= 15 is 0 Å². The van der Waals surface area contributed by atoms with Gasteiger partial charge in [-0.1, -0.05) is 12.1 Å². The number of hydrogen-bond acceptors (Lipinski definition) is 7. The highest BCUT2D eigenvalue weighted by Gasteiger charge is 2.14. The highest BCUT2D eigenvalue weighted by atomic mass is 16.7. The predicted molar refractivity (Wildman–Crippen MR) is 102 cm³/mol. The number of nitrogens with zero attached hydrogens (tertiary/aromatic N) is 3. The van der Waals surface area contributed by atoms with Crippen LogP contribution in [0.2, 0.25) is 0 Å². The Morgan fingerprint density at radius 3 is 2.82 bits per heavy atom. The second-order valence-corrected chi connectivity index (χ2v) is 6.26. The molecule has 0 saturated carbocycles. The van der Waals surface area contributed by atoms with E-state index < -0.39 is 0 Å². The molecule has 0 unspecified atom stereocenters. The summed E-state index contributed by atoms with van der Waals surface area (Å²) in [5, 5.41) is 5.97. The number of anilines is 1. The number of rotatable bonds is 6. The predicted octanol–water partition coefficient (Wildman–Crippen LogP) is 2.45. The minimum atomic E-state index is -0.274. The summed E-state index contributed by atoms with van der Waals surface area (Å²) >= 11 is 0. The number of pyridine rings is 1. The molecule has 0 bridgehead atoms. The van der Waals surface area contributed by atoms with Crippen molar-refractivity contribution in [3.05, 3.63) is 71.3 Å². The number of nitrogens with one attached hydrogen (secondary N) is 2. The first-order valence-corrected chi connectivity index (χ1v) is 8.83. The first kappa shape index (κ1) is 17.7. The number of aromatic nitrogens is 3. The normalized spacial score (nSPS) is 11.9. The molecular formula is C20H19N5O3. The summed E-state index contributed by atoms with van der Waals surface area (Å²) in [4.78, 5) is 25.4. The van der Waals surface area contributed by atoms with Crippen LogP contribution in [0.1, 0.15) is 27.4 Å². The lowest BCUT2D eigenvalue weighted by Crippen LogP contribution is -2.24. The average Bonchev–Trinajstić information content (AvgIpc) is 3.19. The zero-order chi connectivity index (χ0) is 19.3. The SMILES string of the molecule is Cc1cc(C(=O)NCc2ccc3c(c2)OCO3)nc(NCc2ccccn2)n1. The molecule has 2 aromatic heterocycles. The standard InChI is InChI=1S/C20H19N5O3/c1-13-8-16(25-20(24-13)23-11-15-4-2-3-7-21-15)19(26)22-10-14-5-6-17-18(9-14)28-12-27-17/h2-9H,10-12H2,1H3,(H,22,26)(H,23,24,25). The van der Waals surface area contributed by atoms with Gasteiger partial charge in [0.15, 0.2) is 11.5 Å². The van der Waals surface area contributed by atoms with Crippen LogP contribution >= 0.6 is 0 Å². The Balaban J connectivity index is 1.40. The highest BCUT2D eigenvalue weighted by molar-refractivity contribution is 5.92. The lowest BCUT2D eigenvalue weighted by Gasteiger charge is -2.09. The fourth-order valence-electron chi connectivity index (χ4n) is 2.76. The minimum absolute atomic E-state index is 0.222. The molecule has 0 spiro atoms. The molecule has 3 aromatic rings. The van der Waals surface area contributed by atoms with Gasteiger partial charge in [0.2, 0.25) is 12.7 Å². The van der Waals surface area contributed by atoms with Gasteiger partial charge in [-0.15, -0.1) is 0 Å². The molecule has 4 rings (SSSR count). The summed E-state index contributed by atoms with van der Waals surface area (Å²) in [6.07, 6.45) is 1.73. The van der Waals surface area contributed by atoms with E-state index in [1.54, 1.807) is 12.3 Å². The molecule has 142 valence electrons. The third-order valence-electron chi connectivity index (χ3n) is 4.13. The van der Waals surface area contributed by atoms with Crippen molar-refractivity contribution < 1.29 is 14.3 Å². The summed E-state index contributed by atoms with van der Waals surface area (Å²) in [5.41, 5.74) is 2.78. The molecule has 2 N–H and O–H groups in total. The number of benzene rings is 1. The summed E-state index contributed by atoms with van der Waals surface area (Å²) in [5.74, 6) is 1.51. The number of carbonyl (C=O) groups is 1. The topological polar surface area (TPSA) is 98.3 Å². The molecule has 1 aliphatic rings. The quantitative estimate of drug-likeness (QED) is 0.681. The Labute approximate surface area is 162 Å². The van der Waals surface area contributed by atoms with E-state index in [2.05, 4.69) is 25.6 Å². The van der Waals surface area contributed by atoms with Gasteiger partial charge in [0.25, 0.3) is 5.91 Å². The molecule has 1 aromatic carbocycles. The summed E-state index contributed by atoms with van der Waals surface area (Å²) in [7, 11) is 0. The van der Waals surface area contributed by atoms with Gasteiger partial charge >= 0.3 is 0 Å². The van der Waals surface area contributed by atoms with Gasteiger partial charge in [-0.05, 0) is 42.8 Å². The number of ether oxygens (including phenoxy) is 2. The Morgan fingerprint density at radius 2 is 1.96 bits per heavy atom. The fourth-order valence-corrected chi connectivity index (χ4v) is 2.76. The molecular weight excluding hydrogens is 358 g/mol. The van der Waals surface area contributed by atoms with Gasteiger partial charge in [-0.3, -0.25) is 9.78 Å². The number of carbonyl (C=O) groups excluding carboxylic acids is 1. The smallest absolute Gasteiger partial charge is 0.270 e. The molecule has 3 heterocycles. The maximum atomic E-state index is 12.5. The Morgan fingerprint density at radius 1 is 1.07 bits per heavy atom. The first-order chi connectivity index (χ1) is 13.7. The fraction of sp³-hybridized carbons (Fsp3) is 0.200. The zero-order valence-electron chi connectivity index (χ0n) is 15.3. The first-order valence-electron chi connectivity index (χ1n) is 8.83. The molecule has 0 atom stereocenters. The Kier molecular flexibility index (Phi) is 5.01. The molecule has 0 saturated heterocycles. The maximum Gasteiger partial charge on any atom is 0.270 e. The average molecular weight is 377 g/mol. The lowest BCUT2D eigenvalue weighted by atomic mass is 10.2. The van der Waals surface area contributed by atoms with Crippen molar-refractivity contribution in [1.29, 1.82) is 0 Å². The van der Waals surface area contributed by atoms with E-state index in [1.807, 2.05) is 43.3 Å². The lowest BCUT2D eigenvalue weighted by molar-refractivity contribution is 0.0945. The van der Waals surface area contributed by atoms with Crippen LogP contribution in [-0.4, -0.2) is 27.7 Å². The van der Waals surface area contributed by atoms with Crippen LogP contribution in [-0.2, 0) is 13.1 Å². The minimum Gasteiger partial charge on any atom is -0.454 e. The van der Waals surface area contributed by atoms with Crippen molar-refractivity contribution in [3.8, 4) is 11.5 Å². The van der Waals surface area contributed by atoms with E-state index in [0.717, 1.165) is 11.3 Å². The number of fused-ring (bicyclic) bond motifs is 1. The molecule has 1 amide bonds. The molecule has 0 fully saturated rings. The monoisotopic (exact) mass is 377 g/mol. The second-order valence-electron chi connectivity index (χ2n) is 6.26. The molecule has 8 nitrogen and oxygen atoms in total. The molecule has 28 heavy (non-hydrogen) atoms. The van der Waals surface area contributed by atoms with Gasteiger partial charge in [-0.2, -0.15) is 0 Å². The Bertz CT molecular complexity index is 994. The maximum absolute atomic E-state index is 12.5. The van der Waals surface area contributed by atoms with Crippen molar-refractivity contribution in [2.75, 3.05) is 12.1 Å². The van der Waals surface area contributed by atoms with Crippen LogP contribution in [0, 0.1) is 6.92 Å². The van der Waals surface area contributed by atoms with Crippen LogP contribution in [0.5, 0.6) is 11.5 Å². The van der Waals surface area contributed by atoms with Crippen LogP contribution in [0.3, 0.4) is 0 Å².